The lowest BCUT2D eigenvalue weighted by molar-refractivity contribution is 0.711. The summed E-state index contributed by atoms with van der Waals surface area (Å²) in [6, 6.07) is 23.3. The summed E-state index contributed by atoms with van der Waals surface area (Å²) < 4.78 is 3.63. The minimum absolute atomic E-state index is 0.140. The zero-order valence-electron chi connectivity index (χ0n) is 18.7. The van der Waals surface area contributed by atoms with E-state index in [9.17, 15) is 4.79 Å². The first kappa shape index (κ1) is 20.6. The highest BCUT2D eigenvalue weighted by Crippen LogP contribution is 2.29. The highest BCUT2D eigenvalue weighted by Gasteiger charge is 2.22. The van der Waals surface area contributed by atoms with Crippen molar-refractivity contribution in [2.24, 2.45) is 0 Å². The minimum Gasteiger partial charge on any atom is -0.292 e. The van der Waals surface area contributed by atoms with Crippen LogP contribution in [0.4, 0.5) is 0 Å². The molecule has 166 valence electrons. The molecule has 0 saturated heterocycles. The molecule has 0 N–H and O–H groups in total. The second-order valence-corrected chi connectivity index (χ2v) is 8.87. The molecule has 6 rings (SSSR count). The van der Waals surface area contributed by atoms with Crippen LogP contribution in [0.15, 0.2) is 77.6 Å². The van der Waals surface area contributed by atoms with Crippen LogP contribution in [0.1, 0.15) is 17.0 Å². The molecule has 6 aromatic rings. The van der Waals surface area contributed by atoms with E-state index in [-0.39, 0.29) is 5.56 Å². The average molecular weight is 466 g/mol. The number of halogens is 1. The molecule has 7 heteroatoms. The minimum atomic E-state index is -0.140. The van der Waals surface area contributed by atoms with Crippen molar-refractivity contribution in [3.8, 4) is 5.69 Å². The van der Waals surface area contributed by atoms with Gasteiger partial charge in [0.1, 0.15) is 16.7 Å². The molecule has 0 saturated carbocycles. The smallest absolute Gasteiger partial charge is 0.265 e. The van der Waals surface area contributed by atoms with Gasteiger partial charge in [-0.2, -0.15) is 0 Å². The fourth-order valence-electron chi connectivity index (χ4n) is 4.40. The Morgan fingerprint density at radius 2 is 1.56 bits per heavy atom. The zero-order chi connectivity index (χ0) is 23.4. The molecule has 3 aromatic heterocycles. The van der Waals surface area contributed by atoms with E-state index in [0.717, 1.165) is 27.8 Å². The molecule has 0 fully saturated rings. The van der Waals surface area contributed by atoms with Crippen molar-refractivity contribution in [1.82, 2.24) is 24.1 Å². The Balaban J connectivity index is 1.71. The Labute approximate surface area is 200 Å². The van der Waals surface area contributed by atoms with Gasteiger partial charge in [-0.1, -0.05) is 48.0 Å². The van der Waals surface area contributed by atoms with Crippen molar-refractivity contribution >= 4 is 44.8 Å². The summed E-state index contributed by atoms with van der Waals surface area (Å²) in [5.41, 5.74) is 6.07. The molecule has 0 aliphatic rings. The molecule has 6 nitrogen and oxygen atoms in total. The van der Waals surface area contributed by atoms with E-state index in [0.29, 0.717) is 39.6 Å². The summed E-state index contributed by atoms with van der Waals surface area (Å²) in [4.78, 5) is 28.6. The largest absolute Gasteiger partial charge is 0.292 e. The second-order valence-electron chi connectivity index (χ2n) is 8.43. The predicted molar refractivity (Wildman–Crippen MR) is 136 cm³/mol. The van der Waals surface area contributed by atoms with Gasteiger partial charge in [-0.15, -0.1) is 0 Å². The van der Waals surface area contributed by atoms with Crippen molar-refractivity contribution in [3.63, 3.8) is 0 Å². The fourth-order valence-corrected chi connectivity index (χ4v) is 4.53. The van der Waals surface area contributed by atoms with E-state index in [1.807, 2.05) is 85.1 Å². The van der Waals surface area contributed by atoms with Gasteiger partial charge in [0.05, 0.1) is 17.6 Å². The maximum atomic E-state index is 13.9. The zero-order valence-corrected chi connectivity index (χ0v) is 19.4. The van der Waals surface area contributed by atoms with Crippen LogP contribution in [0, 0.1) is 13.8 Å². The van der Waals surface area contributed by atoms with Crippen molar-refractivity contribution in [2.75, 3.05) is 0 Å². The van der Waals surface area contributed by atoms with E-state index in [4.69, 9.17) is 26.6 Å². The van der Waals surface area contributed by atoms with Gasteiger partial charge in [0, 0.05) is 10.7 Å². The molecule has 34 heavy (non-hydrogen) atoms. The molecule has 0 atom stereocenters. The second kappa shape index (κ2) is 7.78. The molecule has 0 unspecified atom stereocenters. The number of fused-ring (bicyclic) bond motifs is 4. The Morgan fingerprint density at radius 1 is 0.824 bits per heavy atom. The molecule has 0 bridgehead atoms. The number of para-hydroxylation sites is 2. The van der Waals surface area contributed by atoms with Gasteiger partial charge >= 0.3 is 0 Å². The van der Waals surface area contributed by atoms with Gasteiger partial charge in [-0.3, -0.25) is 13.9 Å². The molecule has 0 amide bonds. The van der Waals surface area contributed by atoms with Crippen LogP contribution in [-0.2, 0) is 6.54 Å². The van der Waals surface area contributed by atoms with Gasteiger partial charge in [-0.05, 0) is 61.4 Å². The van der Waals surface area contributed by atoms with Gasteiger partial charge < -0.3 is 0 Å². The lowest BCUT2D eigenvalue weighted by Gasteiger charge is -2.11. The Hall–Kier alpha value is -4.03. The van der Waals surface area contributed by atoms with Crippen LogP contribution in [0.5, 0.6) is 0 Å². The van der Waals surface area contributed by atoms with Crippen LogP contribution in [0.25, 0.3) is 38.9 Å². The van der Waals surface area contributed by atoms with Crippen LogP contribution >= 0.6 is 11.6 Å². The Kier molecular flexibility index (Phi) is 4.71. The monoisotopic (exact) mass is 465 g/mol. The van der Waals surface area contributed by atoms with Gasteiger partial charge in [0.25, 0.3) is 5.56 Å². The normalized spacial score (nSPS) is 11.6. The first-order valence-electron chi connectivity index (χ1n) is 11.0. The predicted octanol–water partition coefficient (Wildman–Crippen LogP) is 5.60. The maximum absolute atomic E-state index is 13.9. The number of hydrogen-bond donors (Lipinski definition) is 0. The van der Waals surface area contributed by atoms with Crippen LogP contribution in [0.3, 0.4) is 0 Å². The van der Waals surface area contributed by atoms with Crippen molar-refractivity contribution < 1.29 is 0 Å². The number of rotatable bonds is 3. The third kappa shape index (κ3) is 3.26. The van der Waals surface area contributed by atoms with E-state index in [1.54, 1.807) is 4.57 Å². The molecular formula is C27H20ClN5O. The molecule has 0 aliphatic heterocycles. The summed E-state index contributed by atoms with van der Waals surface area (Å²) in [5, 5.41) is 1.12. The van der Waals surface area contributed by atoms with Gasteiger partial charge in [0.2, 0.25) is 0 Å². The number of hydrogen-bond acceptors (Lipinski definition) is 4. The summed E-state index contributed by atoms with van der Waals surface area (Å²) in [6.07, 6.45) is 0. The molecule has 3 aromatic carbocycles. The quantitative estimate of drug-likeness (QED) is 0.341. The topological polar surface area (TPSA) is 65.6 Å². The lowest BCUT2D eigenvalue weighted by Crippen LogP contribution is -2.24. The van der Waals surface area contributed by atoms with E-state index >= 15 is 0 Å². The van der Waals surface area contributed by atoms with Gasteiger partial charge in [0.15, 0.2) is 11.3 Å². The Morgan fingerprint density at radius 3 is 2.29 bits per heavy atom. The van der Waals surface area contributed by atoms with Crippen molar-refractivity contribution in [2.45, 2.75) is 20.4 Å². The first-order chi connectivity index (χ1) is 16.5. The molecular weight excluding hydrogens is 446 g/mol. The fraction of sp³-hybridized carbons (Fsp3) is 0.111. The third-order valence-electron chi connectivity index (χ3n) is 6.07. The van der Waals surface area contributed by atoms with E-state index in [1.165, 1.54) is 0 Å². The average Bonchev–Trinajstić information content (AvgIpc) is 3.14. The highest BCUT2D eigenvalue weighted by molar-refractivity contribution is 6.30. The Bertz CT molecular complexity index is 1780. The number of aryl methyl sites for hydroxylation is 2. The molecule has 0 radical (unpaired) electrons. The summed E-state index contributed by atoms with van der Waals surface area (Å²) in [7, 11) is 0. The lowest BCUT2D eigenvalue weighted by atomic mass is 10.2. The standard InChI is InChI=1S/C27H20ClN5O/c1-16-6-5-7-20(14-16)33-25-23(24-26(33)31-22-9-4-3-8-21(22)30-24)27(34)32(17(2)29-25)15-18-10-12-19(28)13-11-18/h3-14H,15H2,1-2H3. The SMILES string of the molecule is Cc1cccc(-n2c3nc4ccccc4nc3c3c(=O)n(Cc4ccc(Cl)cc4)c(C)nc32)c1. The summed E-state index contributed by atoms with van der Waals surface area (Å²) in [5.74, 6) is 0.619. The van der Waals surface area contributed by atoms with Crippen LogP contribution < -0.4 is 5.56 Å². The summed E-state index contributed by atoms with van der Waals surface area (Å²) in [6.45, 7) is 4.28. The van der Waals surface area contributed by atoms with E-state index in [2.05, 4.69) is 6.07 Å². The maximum Gasteiger partial charge on any atom is 0.265 e. The van der Waals surface area contributed by atoms with Crippen LogP contribution in [-0.4, -0.2) is 24.1 Å². The van der Waals surface area contributed by atoms with E-state index < -0.39 is 0 Å². The number of aromatic nitrogens is 5. The molecule has 0 aliphatic carbocycles. The number of nitrogens with zero attached hydrogens (tertiary/aromatic N) is 5. The van der Waals surface area contributed by atoms with Crippen molar-refractivity contribution in [1.29, 1.82) is 0 Å². The number of benzene rings is 3. The third-order valence-corrected chi connectivity index (χ3v) is 6.32. The first-order valence-corrected chi connectivity index (χ1v) is 11.4. The van der Waals surface area contributed by atoms with Crippen LogP contribution in [0.2, 0.25) is 5.02 Å². The molecule has 0 spiro atoms. The van der Waals surface area contributed by atoms with Gasteiger partial charge in [-0.25, -0.2) is 15.0 Å². The highest BCUT2D eigenvalue weighted by atomic mass is 35.5. The van der Waals surface area contributed by atoms with Crippen molar-refractivity contribution in [3.05, 3.63) is 105 Å². The molecule has 3 heterocycles. The summed E-state index contributed by atoms with van der Waals surface area (Å²) >= 11 is 6.04.